The fourth-order valence-electron chi connectivity index (χ4n) is 3.49. The fraction of sp³-hybridized carbons (Fsp3) is 0.0952. The van der Waals surface area contributed by atoms with Crippen molar-refractivity contribution >= 4 is 23.0 Å². The molecular weight excluding hydrogens is 374 g/mol. The summed E-state index contributed by atoms with van der Waals surface area (Å²) in [6.07, 6.45) is 1.54. The van der Waals surface area contributed by atoms with E-state index in [4.69, 9.17) is 9.47 Å². The number of fused-ring (bicyclic) bond motifs is 2. The van der Waals surface area contributed by atoms with Gasteiger partial charge in [0.1, 0.15) is 5.56 Å². The van der Waals surface area contributed by atoms with Crippen molar-refractivity contribution in [3.63, 3.8) is 0 Å². The van der Waals surface area contributed by atoms with Crippen molar-refractivity contribution < 1.29 is 14.6 Å². The Morgan fingerprint density at radius 3 is 2.79 bits per heavy atom. The Bertz CT molecular complexity index is 1350. The summed E-state index contributed by atoms with van der Waals surface area (Å²) in [4.78, 5) is 31.7. The lowest BCUT2D eigenvalue weighted by Crippen LogP contribution is -2.30. The minimum absolute atomic E-state index is 0.0384. The van der Waals surface area contributed by atoms with E-state index in [1.807, 2.05) is 31.2 Å². The number of para-hydroxylation sites is 1. The Morgan fingerprint density at radius 2 is 1.93 bits per heavy atom. The lowest BCUT2D eigenvalue weighted by atomic mass is 10.0. The van der Waals surface area contributed by atoms with E-state index in [1.54, 1.807) is 24.3 Å². The molecule has 0 unspecified atom stereocenters. The molecule has 3 aromatic rings. The molecule has 8 nitrogen and oxygen atoms in total. The first-order valence-electron chi connectivity index (χ1n) is 8.88. The maximum Gasteiger partial charge on any atom is 0.335 e. The van der Waals surface area contributed by atoms with E-state index in [0.29, 0.717) is 28.5 Å². The van der Waals surface area contributed by atoms with Gasteiger partial charge in [-0.3, -0.25) is 14.8 Å². The van der Waals surface area contributed by atoms with Crippen molar-refractivity contribution in [3.8, 4) is 23.1 Å². The van der Waals surface area contributed by atoms with Crippen LogP contribution in [0.4, 0.5) is 5.69 Å². The molecule has 2 N–H and O–H groups in total. The predicted molar refractivity (Wildman–Crippen MR) is 108 cm³/mol. The lowest BCUT2D eigenvalue weighted by Gasteiger charge is -2.11. The number of allylic oxidation sites excluding steroid dienone is 1. The Hall–Kier alpha value is -4.07. The Kier molecular flexibility index (Phi) is 3.67. The number of hydrogen-bond donors (Lipinski definition) is 2. The second-order valence-electron chi connectivity index (χ2n) is 6.64. The highest BCUT2D eigenvalue weighted by Crippen LogP contribution is 2.37. The lowest BCUT2D eigenvalue weighted by molar-refractivity contribution is 0.174. The minimum atomic E-state index is -0.759. The molecule has 0 aliphatic carbocycles. The number of nitrogens with one attached hydrogen (secondary N) is 1. The number of aromatic hydroxyl groups is 1. The van der Waals surface area contributed by atoms with E-state index >= 15 is 0 Å². The molecule has 1 aromatic heterocycles. The van der Waals surface area contributed by atoms with Gasteiger partial charge in [0.25, 0.3) is 5.56 Å². The van der Waals surface area contributed by atoms with Gasteiger partial charge in [-0.1, -0.05) is 18.2 Å². The van der Waals surface area contributed by atoms with Crippen LogP contribution < -0.4 is 20.7 Å². The number of aromatic amines is 1. The van der Waals surface area contributed by atoms with Gasteiger partial charge < -0.3 is 14.6 Å². The topological polar surface area (TPSA) is 106 Å². The summed E-state index contributed by atoms with van der Waals surface area (Å²) in [5.74, 6) is 0.525. The molecule has 0 radical (unpaired) electrons. The number of nitrogens with zero attached hydrogens (tertiary/aromatic N) is 2. The highest BCUT2D eigenvalue weighted by atomic mass is 16.7. The molecule has 144 valence electrons. The van der Waals surface area contributed by atoms with E-state index < -0.39 is 17.1 Å². The van der Waals surface area contributed by atoms with Crippen LogP contribution in [0.3, 0.4) is 0 Å². The van der Waals surface area contributed by atoms with E-state index in [-0.39, 0.29) is 12.4 Å². The van der Waals surface area contributed by atoms with Crippen molar-refractivity contribution in [2.75, 3.05) is 6.79 Å². The average Bonchev–Trinajstić information content (AvgIpc) is 3.28. The molecule has 0 saturated carbocycles. The quantitative estimate of drug-likeness (QED) is 0.701. The van der Waals surface area contributed by atoms with Crippen LogP contribution in [0.1, 0.15) is 18.1 Å². The van der Waals surface area contributed by atoms with Crippen LogP contribution in [0.15, 0.2) is 57.0 Å². The van der Waals surface area contributed by atoms with Crippen LogP contribution in [-0.2, 0) is 0 Å². The van der Waals surface area contributed by atoms with Gasteiger partial charge in [0.05, 0.1) is 11.4 Å². The first-order chi connectivity index (χ1) is 14.0. The summed E-state index contributed by atoms with van der Waals surface area (Å²) in [5.41, 5.74) is 1.91. The summed E-state index contributed by atoms with van der Waals surface area (Å²) in [5, 5.41) is 10.8. The zero-order valence-corrected chi connectivity index (χ0v) is 15.3. The van der Waals surface area contributed by atoms with Crippen molar-refractivity contribution in [2.45, 2.75) is 6.92 Å². The van der Waals surface area contributed by atoms with E-state index in [9.17, 15) is 14.7 Å². The molecule has 0 spiro atoms. The SMILES string of the molecule is CC1=Nc2ccccc2/C1=C\c1c(O)n(-c2ccc3c(c2)OCO3)c(=O)[nH]c1=O. The molecule has 0 amide bonds. The first-order valence-corrected chi connectivity index (χ1v) is 8.88. The standard InChI is InChI=1S/C21H15N3O5/c1-11-14(13-4-2-3-5-16(13)22-11)9-15-19(25)23-21(27)24(20(15)26)12-6-7-17-18(8-12)29-10-28-17/h2-9,26H,10H2,1H3,(H,23,25,27)/b14-9-. The van der Waals surface area contributed by atoms with Crippen LogP contribution >= 0.6 is 0 Å². The van der Waals surface area contributed by atoms with E-state index in [0.717, 1.165) is 15.8 Å². The van der Waals surface area contributed by atoms with Crippen molar-refractivity contribution in [2.24, 2.45) is 4.99 Å². The summed E-state index contributed by atoms with van der Waals surface area (Å²) >= 11 is 0. The number of benzene rings is 2. The molecular formula is C21H15N3O5. The predicted octanol–water partition coefficient (Wildman–Crippen LogP) is 2.61. The maximum atomic E-state index is 12.5. The molecule has 3 heterocycles. The number of aliphatic imine (C=N–C) groups is 1. The molecule has 2 aliphatic rings. The molecule has 2 aromatic carbocycles. The maximum absolute atomic E-state index is 12.5. The highest BCUT2D eigenvalue weighted by molar-refractivity contribution is 6.31. The molecule has 0 atom stereocenters. The smallest absolute Gasteiger partial charge is 0.335 e. The molecule has 0 fully saturated rings. The number of ether oxygens (including phenoxy) is 2. The highest BCUT2D eigenvalue weighted by Gasteiger charge is 2.22. The largest absolute Gasteiger partial charge is 0.494 e. The van der Waals surface area contributed by atoms with Crippen LogP contribution in [0.5, 0.6) is 17.4 Å². The van der Waals surface area contributed by atoms with E-state index in [2.05, 4.69) is 9.98 Å². The van der Waals surface area contributed by atoms with E-state index in [1.165, 1.54) is 0 Å². The van der Waals surface area contributed by atoms with Crippen molar-refractivity contribution in [1.82, 2.24) is 9.55 Å². The Balaban J connectivity index is 1.70. The van der Waals surface area contributed by atoms with Crippen molar-refractivity contribution in [3.05, 3.63) is 74.4 Å². The molecule has 0 saturated heterocycles. The summed E-state index contributed by atoms with van der Waals surface area (Å²) < 4.78 is 11.6. The summed E-state index contributed by atoms with van der Waals surface area (Å²) in [7, 11) is 0. The monoisotopic (exact) mass is 389 g/mol. The number of rotatable bonds is 2. The first kappa shape index (κ1) is 17.1. The van der Waals surface area contributed by atoms with Gasteiger partial charge in [0.2, 0.25) is 12.7 Å². The third-order valence-corrected chi connectivity index (χ3v) is 4.90. The molecule has 0 bridgehead atoms. The van der Waals surface area contributed by atoms with Crippen LogP contribution in [-0.4, -0.2) is 27.2 Å². The summed E-state index contributed by atoms with van der Waals surface area (Å²) in [6.45, 7) is 1.91. The number of aromatic nitrogens is 2. The van der Waals surface area contributed by atoms with Gasteiger partial charge >= 0.3 is 5.69 Å². The van der Waals surface area contributed by atoms with Gasteiger partial charge in [-0.2, -0.15) is 0 Å². The van der Waals surface area contributed by atoms with Gasteiger partial charge in [0, 0.05) is 22.9 Å². The van der Waals surface area contributed by atoms with Gasteiger partial charge in [-0.25, -0.2) is 9.36 Å². The van der Waals surface area contributed by atoms with Gasteiger partial charge in [-0.15, -0.1) is 0 Å². The number of hydrogen-bond acceptors (Lipinski definition) is 6. The average molecular weight is 389 g/mol. The normalized spacial score (nSPS) is 15.5. The van der Waals surface area contributed by atoms with Gasteiger partial charge in [-0.05, 0) is 31.2 Å². The van der Waals surface area contributed by atoms with Crippen molar-refractivity contribution in [1.29, 1.82) is 0 Å². The third kappa shape index (κ3) is 2.65. The molecule has 8 heteroatoms. The Labute approximate surface area is 164 Å². The van der Waals surface area contributed by atoms with Crippen LogP contribution in [0.2, 0.25) is 0 Å². The molecule has 29 heavy (non-hydrogen) atoms. The zero-order chi connectivity index (χ0) is 20.1. The molecule has 2 aliphatic heterocycles. The third-order valence-electron chi connectivity index (χ3n) is 4.90. The second-order valence-corrected chi connectivity index (χ2v) is 6.64. The van der Waals surface area contributed by atoms with Crippen LogP contribution in [0.25, 0.3) is 17.3 Å². The Morgan fingerprint density at radius 1 is 1.14 bits per heavy atom. The summed E-state index contributed by atoms with van der Waals surface area (Å²) in [6, 6.07) is 12.3. The fourth-order valence-corrected chi connectivity index (χ4v) is 3.49. The molecule has 5 rings (SSSR count). The van der Waals surface area contributed by atoms with Crippen LogP contribution in [0, 0.1) is 0 Å². The number of H-pyrrole nitrogens is 1. The van der Waals surface area contributed by atoms with Gasteiger partial charge in [0.15, 0.2) is 11.5 Å². The zero-order valence-electron chi connectivity index (χ0n) is 15.3. The minimum Gasteiger partial charge on any atom is -0.494 e. The second kappa shape index (κ2) is 6.23.